The number of methoxy groups -OCH3 is 1. The summed E-state index contributed by atoms with van der Waals surface area (Å²) < 4.78 is 8.98. The first-order valence-electron chi connectivity index (χ1n) is 3.50. The molecule has 1 aliphatic heterocycles. The third-order valence-electron chi connectivity index (χ3n) is 1.51. The molecule has 0 amide bonds. The predicted molar refractivity (Wildman–Crippen MR) is 41.7 cm³/mol. The van der Waals surface area contributed by atoms with Crippen molar-refractivity contribution >= 4 is 11.9 Å². The van der Waals surface area contributed by atoms with Crippen LogP contribution in [0.3, 0.4) is 0 Å². The minimum atomic E-state index is -1.16. The Morgan fingerprint density at radius 3 is 2.92 bits per heavy atom. The van der Waals surface area contributed by atoms with Gasteiger partial charge in [-0.1, -0.05) is 0 Å². The van der Waals surface area contributed by atoms with Crippen LogP contribution in [0.2, 0.25) is 0 Å². The molecular formula is C8H8O5. The van der Waals surface area contributed by atoms with Gasteiger partial charge in [0.15, 0.2) is 0 Å². The van der Waals surface area contributed by atoms with Crippen LogP contribution in [0.25, 0.3) is 0 Å². The molecule has 1 rings (SSSR count). The molecule has 0 bridgehead atoms. The highest BCUT2D eigenvalue weighted by molar-refractivity contribution is 5.90. The Hall–Kier alpha value is -1.78. The molecule has 5 nitrogen and oxygen atoms in total. The summed E-state index contributed by atoms with van der Waals surface area (Å²) in [6, 6.07) is 0. The predicted octanol–water partition coefficient (Wildman–Crippen LogP) is 0.0829. The van der Waals surface area contributed by atoms with Gasteiger partial charge in [0.2, 0.25) is 6.10 Å². The molecule has 1 N–H and O–H groups in total. The van der Waals surface area contributed by atoms with Gasteiger partial charge in [-0.05, 0) is 6.08 Å². The molecule has 0 aromatic carbocycles. The van der Waals surface area contributed by atoms with Gasteiger partial charge in [-0.25, -0.2) is 9.59 Å². The minimum Gasteiger partial charge on any atom is -0.515 e. The average Bonchev–Trinajstić information content (AvgIpc) is 2.16. The van der Waals surface area contributed by atoms with Crippen LogP contribution in [-0.4, -0.2) is 30.3 Å². The first-order chi connectivity index (χ1) is 6.19. The number of carbonyl (C=O) groups excluding carboxylic acids is 2. The molecule has 0 aromatic heterocycles. The van der Waals surface area contributed by atoms with E-state index in [1.807, 2.05) is 0 Å². The van der Waals surface area contributed by atoms with E-state index < -0.39 is 18.0 Å². The molecule has 0 radical (unpaired) electrons. The first-order valence-corrected chi connectivity index (χ1v) is 3.50. The average molecular weight is 184 g/mol. The maximum absolute atomic E-state index is 11.0. The van der Waals surface area contributed by atoms with Gasteiger partial charge in [0.25, 0.3) is 0 Å². The van der Waals surface area contributed by atoms with Crippen molar-refractivity contribution in [2.45, 2.75) is 6.10 Å². The minimum absolute atomic E-state index is 0.187. The highest BCUT2D eigenvalue weighted by Crippen LogP contribution is 2.15. The van der Waals surface area contributed by atoms with Crippen molar-refractivity contribution in [3.05, 3.63) is 24.0 Å². The zero-order valence-electron chi connectivity index (χ0n) is 6.89. The Morgan fingerprint density at radius 2 is 2.38 bits per heavy atom. The molecule has 1 aliphatic rings. The maximum atomic E-state index is 11.0. The summed E-state index contributed by atoms with van der Waals surface area (Å²) in [6.07, 6.45) is 1.95. The van der Waals surface area contributed by atoms with Crippen molar-refractivity contribution < 1.29 is 24.2 Å². The smallest absolute Gasteiger partial charge is 0.352 e. The monoisotopic (exact) mass is 184 g/mol. The summed E-state index contributed by atoms with van der Waals surface area (Å²) in [5.41, 5.74) is 0.187. The normalized spacial score (nSPS) is 24.2. The maximum Gasteiger partial charge on any atom is 0.352 e. The number of esters is 2. The second-order valence-corrected chi connectivity index (χ2v) is 2.30. The fourth-order valence-corrected chi connectivity index (χ4v) is 0.877. The lowest BCUT2D eigenvalue weighted by molar-refractivity contribution is -0.160. The molecule has 1 heterocycles. The largest absolute Gasteiger partial charge is 0.515 e. The molecule has 13 heavy (non-hydrogen) atoms. The summed E-state index contributed by atoms with van der Waals surface area (Å²) in [5, 5.41) is 8.68. The van der Waals surface area contributed by atoms with Crippen LogP contribution in [0, 0.1) is 0 Å². The molecule has 0 fully saturated rings. The van der Waals surface area contributed by atoms with Gasteiger partial charge in [-0.3, -0.25) is 0 Å². The summed E-state index contributed by atoms with van der Waals surface area (Å²) in [4.78, 5) is 21.7. The lowest BCUT2D eigenvalue weighted by Crippen LogP contribution is -2.31. The Kier molecular flexibility index (Phi) is 2.69. The van der Waals surface area contributed by atoms with Crippen molar-refractivity contribution in [3.63, 3.8) is 0 Å². The topological polar surface area (TPSA) is 72.8 Å². The number of hydrogen-bond donors (Lipinski definition) is 1. The highest BCUT2D eigenvalue weighted by Gasteiger charge is 2.29. The van der Waals surface area contributed by atoms with E-state index in [1.165, 1.54) is 13.2 Å². The number of ether oxygens (including phenoxy) is 2. The second kappa shape index (κ2) is 3.75. The van der Waals surface area contributed by atoms with Gasteiger partial charge in [0, 0.05) is 11.6 Å². The molecule has 0 aromatic rings. The van der Waals surface area contributed by atoms with Crippen molar-refractivity contribution in [1.29, 1.82) is 0 Å². The summed E-state index contributed by atoms with van der Waals surface area (Å²) in [5.74, 6) is -1.36. The van der Waals surface area contributed by atoms with Gasteiger partial charge < -0.3 is 14.6 Å². The van der Waals surface area contributed by atoms with Crippen molar-refractivity contribution in [2.75, 3.05) is 7.11 Å². The zero-order valence-corrected chi connectivity index (χ0v) is 6.89. The fraction of sp³-hybridized carbons (Fsp3) is 0.250. The molecule has 1 unspecified atom stereocenters. The lowest BCUT2D eigenvalue weighted by atomic mass is 10.1. The van der Waals surface area contributed by atoms with Gasteiger partial charge in [0.1, 0.15) is 0 Å². The zero-order chi connectivity index (χ0) is 9.84. The van der Waals surface area contributed by atoms with E-state index in [9.17, 15) is 9.59 Å². The van der Waals surface area contributed by atoms with Crippen LogP contribution in [-0.2, 0) is 19.1 Å². The Morgan fingerprint density at radius 1 is 1.69 bits per heavy atom. The SMILES string of the molecule is COC(=O)C1OC(=O)C=C/C1=C/O. The van der Waals surface area contributed by atoms with Crippen molar-refractivity contribution in [2.24, 2.45) is 0 Å². The third kappa shape index (κ3) is 1.87. The van der Waals surface area contributed by atoms with Crippen LogP contribution < -0.4 is 0 Å². The summed E-state index contributed by atoms with van der Waals surface area (Å²) in [6.45, 7) is 0. The molecular weight excluding hydrogens is 176 g/mol. The standard InChI is InChI=1S/C8H8O5/c1-12-8(11)7-5(4-9)2-3-6(10)13-7/h2-4,7,9H,1H3/b5-4-. The molecule has 0 spiro atoms. The van der Waals surface area contributed by atoms with E-state index >= 15 is 0 Å². The van der Waals surface area contributed by atoms with E-state index in [0.29, 0.717) is 6.26 Å². The molecule has 1 atom stereocenters. The van der Waals surface area contributed by atoms with Crippen LogP contribution >= 0.6 is 0 Å². The number of aliphatic hydroxyl groups excluding tert-OH is 1. The Bertz CT molecular complexity index is 289. The third-order valence-corrected chi connectivity index (χ3v) is 1.51. The molecule has 0 saturated heterocycles. The van der Waals surface area contributed by atoms with Gasteiger partial charge in [-0.2, -0.15) is 0 Å². The van der Waals surface area contributed by atoms with E-state index in [-0.39, 0.29) is 5.57 Å². The number of cyclic esters (lactones) is 1. The first kappa shape index (κ1) is 9.31. The van der Waals surface area contributed by atoms with Crippen LogP contribution in [0.5, 0.6) is 0 Å². The Labute approximate surface area is 74.3 Å². The lowest BCUT2D eigenvalue weighted by Gasteiger charge is -2.17. The van der Waals surface area contributed by atoms with Crippen LogP contribution in [0.4, 0.5) is 0 Å². The summed E-state index contributed by atoms with van der Waals surface area (Å²) >= 11 is 0. The van der Waals surface area contributed by atoms with Crippen LogP contribution in [0.15, 0.2) is 24.0 Å². The summed E-state index contributed by atoms with van der Waals surface area (Å²) in [7, 11) is 1.17. The van der Waals surface area contributed by atoms with Gasteiger partial charge in [-0.15, -0.1) is 0 Å². The van der Waals surface area contributed by atoms with Gasteiger partial charge >= 0.3 is 11.9 Å². The molecule has 0 aliphatic carbocycles. The van der Waals surface area contributed by atoms with E-state index in [1.54, 1.807) is 0 Å². The van der Waals surface area contributed by atoms with E-state index in [4.69, 9.17) is 5.11 Å². The second-order valence-electron chi connectivity index (χ2n) is 2.30. The number of aliphatic hydroxyl groups is 1. The number of hydrogen-bond acceptors (Lipinski definition) is 5. The molecule has 0 saturated carbocycles. The quantitative estimate of drug-likeness (QED) is 0.461. The number of rotatable bonds is 1. The number of carbonyl (C=O) groups is 2. The van der Waals surface area contributed by atoms with E-state index in [2.05, 4.69) is 9.47 Å². The fourth-order valence-electron chi connectivity index (χ4n) is 0.877. The van der Waals surface area contributed by atoms with Crippen molar-refractivity contribution in [3.8, 4) is 0 Å². The van der Waals surface area contributed by atoms with E-state index in [0.717, 1.165) is 6.08 Å². The highest BCUT2D eigenvalue weighted by atomic mass is 16.6. The van der Waals surface area contributed by atoms with Crippen LogP contribution in [0.1, 0.15) is 0 Å². The van der Waals surface area contributed by atoms with Crippen molar-refractivity contribution in [1.82, 2.24) is 0 Å². The Balaban J connectivity index is 2.89. The molecule has 5 heteroatoms. The molecule has 70 valence electrons. The van der Waals surface area contributed by atoms with Gasteiger partial charge in [0.05, 0.1) is 13.4 Å².